The van der Waals surface area contributed by atoms with E-state index in [1.807, 2.05) is 18.2 Å². The first kappa shape index (κ1) is 21.9. The van der Waals surface area contributed by atoms with Crippen LogP contribution in [0.1, 0.15) is 6.42 Å². The third kappa shape index (κ3) is 7.81. The quantitative estimate of drug-likeness (QED) is 0.439. The molecule has 0 atom stereocenters. The minimum Gasteiger partial charge on any atom is -0.491 e. The fourth-order valence-electron chi connectivity index (χ4n) is 2.02. The zero-order valence-corrected chi connectivity index (χ0v) is 16.0. The van der Waals surface area contributed by atoms with Crippen molar-refractivity contribution in [2.45, 2.75) is 6.42 Å². The summed E-state index contributed by atoms with van der Waals surface area (Å²) in [7, 11) is 1.72. The maximum Gasteiger partial charge on any atom is 0.414 e. The lowest BCUT2D eigenvalue weighted by atomic mass is 10.1. The molecule has 0 aliphatic carbocycles. The van der Waals surface area contributed by atoms with Crippen molar-refractivity contribution in [2.75, 3.05) is 33.4 Å². The molecular formula is C18H22BrNO6. The lowest BCUT2D eigenvalue weighted by Gasteiger charge is -2.11. The summed E-state index contributed by atoms with van der Waals surface area (Å²) in [5, 5.41) is 20.5. The number of carboxylic acids is 2. The van der Waals surface area contributed by atoms with Gasteiger partial charge in [0.05, 0.1) is 4.47 Å². The van der Waals surface area contributed by atoms with Crippen molar-refractivity contribution in [3.05, 3.63) is 40.9 Å². The Kier molecular flexibility index (Phi) is 10.3. The fourth-order valence-corrected chi connectivity index (χ4v) is 2.63. The highest BCUT2D eigenvalue weighted by Gasteiger charge is 2.05. The van der Waals surface area contributed by atoms with Crippen molar-refractivity contribution in [1.29, 1.82) is 0 Å². The molecule has 0 unspecified atom stereocenters. The fraction of sp³-hybridized carbons (Fsp3) is 0.333. The Bertz CT molecular complexity index is 710. The van der Waals surface area contributed by atoms with Gasteiger partial charge >= 0.3 is 11.9 Å². The second-order valence-electron chi connectivity index (χ2n) is 5.15. The minimum absolute atomic E-state index is 0.657. The van der Waals surface area contributed by atoms with E-state index >= 15 is 0 Å². The molecule has 142 valence electrons. The van der Waals surface area contributed by atoms with E-state index < -0.39 is 11.9 Å². The summed E-state index contributed by atoms with van der Waals surface area (Å²) >= 11 is 3.62. The molecule has 0 spiro atoms. The summed E-state index contributed by atoms with van der Waals surface area (Å²) in [6, 6.07) is 12.4. The summed E-state index contributed by atoms with van der Waals surface area (Å²) in [4.78, 5) is 18.2. The molecule has 0 radical (unpaired) electrons. The molecule has 8 heteroatoms. The van der Waals surface area contributed by atoms with Crippen molar-refractivity contribution in [3.63, 3.8) is 0 Å². The van der Waals surface area contributed by atoms with Gasteiger partial charge in [-0.2, -0.15) is 0 Å². The third-order valence-corrected chi connectivity index (χ3v) is 4.07. The molecule has 0 aromatic heterocycles. The molecule has 26 heavy (non-hydrogen) atoms. The smallest absolute Gasteiger partial charge is 0.414 e. The molecule has 0 saturated carbocycles. The molecule has 2 rings (SSSR count). The van der Waals surface area contributed by atoms with E-state index in [9.17, 15) is 0 Å². The largest absolute Gasteiger partial charge is 0.491 e. The van der Waals surface area contributed by atoms with Gasteiger partial charge in [0.15, 0.2) is 0 Å². The Morgan fingerprint density at radius 2 is 1.73 bits per heavy atom. The van der Waals surface area contributed by atoms with Crippen molar-refractivity contribution in [2.24, 2.45) is 0 Å². The zero-order chi connectivity index (χ0) is 19.4. The molecular weight excluding hydrogens is 406 g/mol. The van der Waals surface area contributed by atoms with Gasteiger partial charge in [-0.25, -0.2) is 9.59 Å². The number of carbonyl (C=O) groups is 2. The van der Waals surface area contributed by atoms with E-state index in [2.05, 4.69) is 39.4 Å². The van der Waals surface area contributed by atoms with Gasteiger partial charge in [-0.3, -0.25) is 0 Å². The molecule has 0 heterocycles. The van der Waals surface area contributed by atoms with Crippen LogP contribution in [0.15, 0.2) is 40.9 Å². The average molecular weight is 428 g/mol. The van der Waals surface area contributed by atoms with Crippen molar-refractivity contribution in [1.82, 2.24) is 5.32 Å². The van der Waals surface area contributed by atoms with Crippen LogP contribution in [-0.4, -0.2) is 55.6 Å². The standard InChI is InChI=1S/C16H20BrNO2.C2H2O4/c1-19-11-4-9-18-10-12-20-15-8-7-13-5-2-3-6-14(13)16(15)17;3-1(4)2(5)6/h2-3,5-8,18H,4,9-12H2,1H3;(H,3,4)(H,5,6). The molecule has 0 amide bonds. The van der Waals surface area contributed by atoms with E-state index in [0.29, 0.717) is 6.61 Å². The van der Waals surface area contributed by atoms with Gasteiger partial charge in [-0.05, 0) is 45.7 Å². The summed E-state index contributed by atoms with van der Waals surface area (Å²) in [5.41, 5.74) is 0. The van der Waals surface area contributed by atoms with E-state index in [1.165, 1.54) is 10.8 Å². The number of halogens is 1. The van der Waals surface area contributed by atoms with Crippen molar-refractivity contribution < 1.29 is 29.3 Å². The van der Waals surface area contributed by atoms with E-state index in [-0.39, 0.29) is 0 Å². The first-order chi connectivity index (χ1) is 12.5. The number of ether oxygens (including phenoxy) is 2. The molecule has 0 aliphatic rings. The van der Waals surface area contributed by atoms with Gasteiger partial charge in [0.25, 0.3) is 0 Å². The highest BCUT2D eigenvalue weighted by molar-refractivity contribution is 9.10. The maximum atomic E-state index is 9.10. The second-order valence-corrected chi connectivity index (χ2v) is 5.95. The Balaban J connectivity index is 0.000000487. The number of carboxylic acid groups (broad SMARTS) is 2. The van der Waals surface area contributed by atoms with Gasteiger partial charge in [-0.15, -0.1) is 0 Å². The summed E-state index contributed by atoms with van der Waals surface area (Å²) in [5.74, 6) is -2.76. The van der Waals surface area contributed by atoms with Gasteiger partial charge in [0.2, 0.25) is 0 Å². The zero-order valence-electron chi connectivity index (χ0n) is 14.4. The second kappa shape index (κ2) is 12.2. The Hall–Kier alpha value is -2.16. The maximum absolute atomic E-state index is 9.10. The molecule has 0 aliphatic heterocycles. The number of hydrogen-bond acceptors (Lipinski definition) is 5. The third-order valence-electron chi connectivity index (χ3n) is 3.25. The number of aliphatic carboxylic acids is 2. The summed E-state index contributed by atoms with van der Waals surface area (Å²) in [6.45, 7) is 3.24. The monoisotopic (exact) mass is 427 g/mol. The van der Waals surface area contributed by atoms with Crippen LogP contribution in [0.2, 0.25) is 0 Å². The first-order valence-corrected chi connectivity index (χ1v) is 8.72. The summed E-state index contributed by atoms with van der Waals surface area (Å²) < 4.78 is 11.8. The molecule has 7 nitrogen and oxygen atoms in total. The van der Waals surface area contributed by atoms with Gasteiger partial charge in [0.1, 0.15) is 12.4 Å². The van der Waals surface area contributed by atoms with Gasteiger partial charge < -0.3 is 25.0 Å². The Morgan fingerprint density at radius 3 is 2.38 bits per heavy atom. The topological polar surface area (TPSA) is 105 Å². The highest BCUT2D eigenvalue weighted by atomic mass is 79.9. The number of nitrogens with one attached hydrogen (secondary N) is 1. The molecule has 2 aromatic carbocycles. The number of benzene rings is 2. The van der Waals surface area contributed by atoms with E-state index in [0.717, 1.165) is 36.3 Å². The molecule has 3 N–H and O–H groups in total. The molecule has 0 fully saturated rings. The molecule has 2 aromatic rings. The van der Waals surface area contributed by atoms with Crippen molar-refractivity contribution in [3.8, 4) is 5.75 Å². The van der Waals surface area contributed by atoms with Crippen LogP contribution in [0.4, 0.5) is 0 Å². The lowest BCUT2D eigenvalue weighted by molar-refractivity contribution is -0.159. The van der Waals surface area contributed by atoms with Gasteiger partial charge in [-0.1, -0.05) is 30.3 Å². The van der Waals surface area contributed by atoms with Crippen LogP contribution in [0.25, 0.3) is 10.8 Å². The number of hydrogen-bond donors (Lipinski definition) is 3. The lowest BCUT2D eigenvalue weighted by Crippen LogP contribution is -2.22. The van der Waals surface area contributed by atoms with Crippen LogP contribution in [-0.2, 0) is 14.3 Å². The highest BCUT2D eigenvalue weighted by Crippen LogP contribution is 2.32. The molecule has 0 bridgehead atoms. The van der Waals surface area contributed by atoms with E-state index in [4.69, 9.17) is 29.3 Å². The number of methoxy groups -OCH3 is 1. The van der Waals surface area contributed by atoms with Crippen molar-refractivity contribution >= 4 is 38.6 Å². The van der Waals surface area contributed by atoms with Gasteiger partial charge in [0, 0.05) is 20.3 Å². The van der Waals surface area contributed by atoms with E-state index in [1.54, 1.807) is 7.11 Å². The minimum atomic E-state index is -1.82. The molecule has 0 saturated heterocycles. The Labute approximate surface area is 160 Å². The van der Waals surface area contributed by atoms with Crippen LogP contribution < -0.4 is 10.1 Å². The predicted molar refractivity (Wildman–Crippen MR) is 102 cm³/mol. The normalized spacial score (nSPS) is 10.1. The van der Waals surface area contributed by atoms with Crippen LogP contribution in [0.5, 0.6) is 5.75 Å². The van der Waals surface area contributed by atoms with Crippen LogP contribution >= 0.6 is 15.9 Å². The van der Waals surface area contributed by atoms with Crippen LogP contribution in [0.3, 0.4) is 0 Å². The first-order valence-electron chi connectivity index (χ1n) is 7.93. The number of rotatable bonds is 8. The number of fused-ring (bicyclic) bond motifs is 1. The Morgan fingerprint density at radius 1 is 1.04 bits per heavy atom. The predicted octanol–water partition coefficient (Wildman–Crippen LogP) is 2.76. The summed E-state index contributed by atoms with van der Waals surface area (Å²) in [6.07, 6.45) is 1.02. The average Bonchev–Trinajstić information content (AvgIpc) is 2.63. The SMILES string of the molecule is COCCCNCCOc1ccc2ccccc2c1Br.O=C(O)C(=O)O. The van der Waals surface area contributed by atoms with Crippen LogP contribution in [0, 0.1) is 0 Å².